The SMILES string of the molecule is Nc1nc2c(C(=O)O)ccc(N)c2[nH]1. The number of hydrogen-bond donors (Lipinski definition) is 4. The average Bonchev–Trinajstić information content (AvgIpc) is 2.47. The van der Waals surface area contributed by atoms with E-state index in [1.54, 1.807) is 0 Å². The molecule has 0 amide bonds. The summed E-state index contributed by atoms with van der Waals surface area (Å²) in [6.45, 7) is 0. The molecule has 0 unspecified atom stereocenters. The first-order valence-corrected chi connectivity index (χ1v) is 3.86. The van der Waals surface area contributed by atoms with E-state index >= 15 is 0 Å². The van der Waals surface area contributed by atoms with Gasteiger partial charge in [-0.2, -0.15) is 0 Å². The van der Waals surface area contributed by atoms with Crippen LogP contribution < -0.4 is 11.5 Å². The number of carbonyl (C=O) groups is 1. The quantitative estimate of drug-likeness (QED) is 0.488. The fourth-order valence-corrected chi connectivity index (χ4v) is 1.30. The van der Waals surface area contributed by atoms with E-state index in [2.05, 4.69) is 9.97 Å². The number of anilines is 2. The van der Waals surface area contributed by atoms with E-state index in [4.69, 9.17) is 16.6 Å². The van der Waals surface area contributed by atoms with Gasteiger partial charge in [0.15, 0.2) is 5.95 Å². The monoisotopic (exact) mass is 192 g/mol. The topological polar surface area (TPSA) is 118 Å². The Morgan fingerprint density at radius 1 is 1.43 bits per heavy atom. The second-order valence-electron chi connectivity index (χ2n) is 2.85. The van der Waals surface area contributed by atoms with Crippen molar-refractivity contribution in [3.8, 4) is 0 Å². The summed E-state index contributed by atoms with van der Waals surface area (Å²) < 4.78 is 0. The number of aromatic amines is 1. The molecule has 0 saturated carbocycles. The van der Waals surface area contributed by atoms with Crippen molar-refractivity contribution >= 4 is 28.6 Å². The zero-order chi connectivity index (χ0) is 10.3. The number of nitrogens with one attached hydrogen (secondary N) is 1. The van der Waals surface area contributed by atoms with Crippen LogP contribution in [0.15, 0.2) is 12.1 Å². The molecule has 1 aromatic heterocycles. The van der Waals surface area contributed by atoms with Gasteiger partial charge in [0, 0.05) is 0 Å². The summed E-state index contributed by atoms with van der Waals surface area (Å²) in [7, 11) is 0. The summed E-state index contributed by atoms with van der Waals surface area (Å²) in [6.07, 6.45) is 0. The summed E-state index contributed by atoms with van der Waals surface area (Å²) in [4.78, 5) is 17.4. The lowest BCUT2D eigenvalue weighted by Gasteiger charge is -1.98. The number of nitrogen functional groups attached to an aromatic ring is 2. The highest BCUT2D eigenvalue weighted by molar-refractivity contribution is 6.04. The van der Waals surface area contributed by atoms with Crippen LogP contribution in [0.5, 0.6) is 0 Å². The maximum Gasteiger partial charge on any atom is 0.337 e. The van der Waals surface area contributed by atoms with Gasteiger partial charge >= 0.3 is 5.97 Å². The van der Waals surface area contributed by atoms with Crippen molar-refractivity contribution in [2.75, 3.05) is 11.5 Å². The minimum Gasteiger partial charge on any atom is -0.478 e. The van der Waals surface area contributed by atoms with E-state index in [9.17, 15) is 4.79 Å². The lowest BCUT2D eigenvalue weighted by Crippen LogP contribution is -1.98. The molecule has 0 aliphatic carbocycles. The minimum absolute atomic E-state index is 0.0853. The highest BCUT2D eigenvalue weighted by Gasteiger charge is 2.13. The Balaban J connectivity index is 2.87. The number of aromatic carboxylic acids is 1. The first-order chi connectivity index (χ1) is 6.59. The standard InChI is InChI=1S/C8H8N4O2/c9-4-2-1-3(7(13)14)5-6(4)12-8(10)11-5/h1-2H,9H2,(H,13,14)(H3,10,11,12). The number of imidazole rings is 1. The summed E-state index contributed by atoms with van der Waals surface area (Å²) in [5.74, 6) is -0.901. The summed E-state index contributed by atoms with van der Waals surface area (Å²) in [5, 5.41) is 8.85. The van der Waals surface area contributed by atoms with Gasteiger partial charge in [-0.25, -0.2) is 9.78 Å². The van der Waals surface area contributed by atoms with Crippen molar-refractivity contribution in [1.29, 1.82) is 0 Å². The largest absolute Gasteiger partial charge is 0.478 e. The molecule has 0 atom stereocenters. The van der Waals surface area contributed by atoms with Gasteiger partial charge in [0.25, 0.3) is 0 Å². The molecular formula is C8H8N4O2. The Morgan fingerprint density at radius 3 is 2.79 bits per heavy atom. The van der Waals surface area contributed by atoms with Crippen LogP contribution >= 0.6 is 0 Å². The smallest absolute Gasteiger partial charge is 0.337 e. The third-order valence-corrected chi connectivity index (χ3v) is 1.93. The van der Waals surface area contributed by atoms with Crippen molar-refractivity contribution in [3.63, 3.8) is 0 Å². The van der Waals surface area contributed by atoms with Crippen LogP contribution in [0.25, 0.3) is 11.0 Å². The van der Waals surface area contributed by atoms with Crippen LogP contribution in [-0.2, 0) is 0 Å². The number of carboxylic acids is 1. The predicted molar refractivity (Wildman–Crippen MR) is 51.9 cm³/mol. The molecule has 0 radical (unpaired) electrons. The number of carboxylic acid groups (broad SMARTS) is 1. The molecular weight excluding hydrogens is 184 g/mol. The van der Waals surface area contributed by atoms with Crippen molar-refractivity contribution in [3.05, 3.63) is 17.7 Å². The highest BCUT2D eigenvalue weighted by Crippen LogP contribution is 2.23. The van der Waals surface area contributed by atoms with Crippen LogP contribution in [0.4, 0.5) is 11.6 Å². The molecule has 0 bridgehead atoms. The van der Waals surface area contributed by atoms with Crippen molar-refractivity contribution in [2.24, 2.45) is 0 Å². The molecule has 6 heteroatoms. The Labute approximate surface area is 78.5 Å². The number of nitrogens with two attached hydrogens (primary N) is 2. The Hall–Kier alpha value is -2.24. The van der Waals surface area contributed by atoms with Crippen LogP contribution in [0.3, 0.4) is 0 Å². The molecule has 6 nitrogen and oxygen atoms in total. The van der Waals surface area contributed by atoms with E-state index in [0.717, 1.165) is 0 Å². The zero-order valence-corrected chi connectivity index (χ0v) is 7.11. The van der Waals surface area contributed by atoms with E-state index in [0.29, 0.717) is 11.2 Å². The van der Waals surface area contributed by atoms with Gasteiger partial charge in [0.1, 0.15) is 5.52 Å². The van der Waals surface area contributed by atoms with Crippen molar-refractivity contribution in [2.45, 2.75) is 0 Å². The van der Waals surface area contributed by atoms with Crippen LogP contribution in [-0.4, -0.2) is 21.0 Å². The fourth-order valence-electron chi connectivity index (χ4n) is 1.30. The van der Waals surface area contributed by atoms with Crippen LogP contribution in [0, 0.1) is 0 Å². The number of H-pyrrole nitrogens is 1. The highest BCUT2D eigenvalue weighted by atomic mass is 16.4. The first-order valence-electron chi connectivity index (χ1n) is 3.86. The Bertz CT molecular complexity index is 517. The molecule has 2 aromatic rings. The minimum atomic E-state index is -1.05. The van der Waals surface area contributed by atoms with E-state index in [1.807, 2.05) is 0 Å². The van der Waals surface area contributed by atoms with Gasteiger partial charge in [-0.3, -0.25) is 0 Å². The number of hydrogen-bond acceptors (Lipinski definition) is 4. The molecule has 0 aliphatic heterocycles. The van der Waals surface area contributed by atoms with E-state index in [1.165, 1.54) is 12.1 Å². The number of fused-ring (bicyclic) bond motifs is 1. The van der Waals surface area contributed by atoms with Gasteiger partial charge in [-0.1, -0.05) is 0 Å². The molecule has 1 heterocycles. The maximum absolute atomic E-state index is 10.8. The number of benzene rings is 1. The molecule has 0 aliphatic rings. The number of aromatic nitrogens is 2. The summed E-state index contributed by atoms with van der Waals surface area (Å²) in [5.41, 5.74) is 12.3. The number of rotatable bonds is 1. The lowest BCUT2D eigenvalue weighted by molar-refractivity contribution is 0.0699. The summed E-state index contributed by atoms with van der Waals surface area (Å²) >= 11 is 0. The molecule has 1 aromatic carbocycles. The molecule has 0 saturated heterocycles. The molecule has 6 N–H and O–H groups in total. The molecule has 2 rings (SSSR count). The zero-order valence-electron chi connectivity index (χ0n) is 7.11. The fraction of sp³-hybridized carbons (Fsp3) is 0. The summed E-state index contributed by atoms with van der Waals surface area (Å²) in [6, 6.07) is 2.91. The average molecular weight is 192 g/mol. The van der Waals surface area contributed by atoms with E-state index < -0.39 is 5.97 Å². The maximum atomic E-state index is 10.8. The third kappa shape index (κ3) is 1.05. The molecule has 14 heavy (non-hydrogen) atoms. The van der Waals surface area contributed by atoms with Gasteiger partial charge in [0.05, 0.1) is 16.8 Å². The van der Waals surface area contributed by atoms with Crippen molar-refractivity contribution < 1.29 is 9.90 Å². The van der Waals surface area contributed by atoms with Crippen LogP contribution in [0.1, 0.15) is 10.4 Å². The Kier molecular flexibility index (Phi) is 1.57. The van der Waals surface area contributed by atoms with Gasteiger partial charge in [-0.05, 0) is 12.1 Å². The van der Waals surface area contributed by atoms with Gasteiger partial charge in [0.2, 0.25) is 0 Å². The predicted octanol–water partition coefficient (Wildman–Crippen LogP) is 0.426. The molecule has 0 spiro atoms. The molecule has 0 fully saturated rings. The normalized spacial score (nSPS) is 10.6. The van der Waals surface area contributed by atoms with Crippen LogP contribution in [0.2, 0.25) is 0 Å². The second-order valence-corrected chi connectivity index (χ2v) is 2.85. The van der Waals surface area contributed by atoms with Gasteiger partial charge < -0.3 is 21.6 Å². The first kappa shape index (κ1) is 8.36. The van der Waals surface area contributed by atoms with E-state index in [-0.39, 0.29) is 17.0 Å². The number of nitrogens with zero attached hydrogens (tertiary/aromatic N) is 1. The van der Waals surface area contributed by atoms with Crippen molar-refractivity contribution in [1.82, 2.24) is 9.97 Å². The molecule has 72 valence electrons. The van der Waals surface area contributed by atoms with Gasteiger partial charge in [-0.15, -0.1) is 0 Å². The lowest BCUT2D eigenvalue weighted by atomic mass is 10.1. The Morgan fingerprint density at radius 2 is 2.14 bits per heavy atom. The third-order valence-electron chi connectivity index (χ3n) is 1.93. The second kappa shape index (κ2) is 2.63.